The van der Waals surface area contributed by atoms with Crippen molar-refractivity contribution < 1.29 is 27.3 Å². The highest BCUT2D eigenvalue weighted by atomic mass is 32.2. The number of carbonyl (C=O) groups is 2. The fraction of sp³-hybridized carbons (Fsp3) is 0.421. The zero-order valence-corrected chi connectivity index (χ0v) is 16.6. The number of benzene rings is 1. The number of aromatic nitrogens is 1. The van der Waals surface area contributed by atoms with Gasteiger partial charge in [-0.1, -0.05) is 35.5 Å². The summed E-state index contributed by atoms with van der Waals surface area (Å²) in [6, 6.07) is 8.85. The summed E-state index contributed by atoms with van der Waals surface area (Å²) in [5.74, 6) is -0.842. The smallest absolute Gasteiger partial charge is 0.344 e. The summed E-state index contributed by atoms with van der Waals surface area (Å²) < 4.78 is 33.9. The fourth-order valence-electron chi connectivity index (χ4n) is 3.28. The number of ether oxygens (including phenoxy) is 1. The van der Waals surface area contributed by atoms with Crippen molar-refractivity contribution in [3.05, 3.63) is 52.9 Å². The molecule has 0 bridgehead atoms. The van der Waals surface area contributed by atoms with E-state index in [1.165, 1.54) is 4.90 Å². The topological polar surface area (TPSA) is 107 Å². The Hall–Kier alpha value is -2.68. The first-order chi connectivity index (χ1) is 13.3. The standard InChI is InChI=1S/C19H22N2O6S/c1-13-18(14(2)27-20-13)19(23)26-11-17(22)21(10-15-6-4-3-5-7-15)16-8-9-28(24,25)12-16/h3-7,16H,8-12H2,1-2H3/t16-/m0/s1. The summed E-state index contributed by atoms with van der Waals surface area (Å²) in [5.41, 5.74) is 1.46. The molecule has 2 aromatic rings. The van der Waals surface area contributed by atoms with Crippen LogP contribution in [0, 0.1) is 13.8 Å². The molecule has 3 rings (SSSR count). The van der Waals surface area contributed by atoms with Crippen molar-refractivity contribution in [3.63, 3.8) is 0 Å². The highest BCUT2D eigenvalue weighted by molar-refractivity contribution is 7.91. The lowest BCUT2D eigenvalue weighted by atomic mass is 10.1. The lowest BCUT2D eigenvalue weighted by Crippen LogP contribution is -2.42. The maximum absolute atomic E-state index is 12.8. The van der Waals surface area contributed by atoms with Crippen molar-refractivity contribution in [2.45, 2.75) is 32.9 Å². The van der Waals surface area contributed by atoms with Crippen LogP contribution >= 0.6 is 0 Å². The van der Waals surface area contributed by atoms with Gasteiger partial charge in [0.05, 0.1) is 17.2 Å². The summed E-state index contributed by atoms with van der Waals surface area (Å²) in [5, 5.41) is 3.70. The van der Waals surface area contributed by atoms with E-state index in [9.17, 15) is 18.0 Å². The van der Waals surface area contributed by atoms with Crippen LogP contribution in [0.4, 0.5) is 0 Å². The largest absolute Gasteiger partial charge is 0.452 e. The number of esters is 1. The average Bonchev–Trinajstić information content (AvgIpc) is 3.19. The van der Waals surface area contributed by atoms with Crippen molar-refractivity contribution in [1.29, 1.82) is 0 Å². The third-order valence-electron chi connectivity index (χ3n) is 4.73. The maximum atomic E-state index is 12.8. The Morgan fingerprint density at radius 3 is 2.54 bits per heavy atom. The maximum Gasteiger partial charge on any atom is 0.344 e. The number of nitrogens with zero attached hydrogens (tertiary/aromatic N) is 2. The molecule has 2 heterocycles. The number of aryl methyl sites for hydroxylation is 2. The molecule has 1 saturated heterocycles. The van der Waals surface area contributed by atoms with Crippen LogP contribution in [0.2, 0.25) is 0 Å². The van der Waals surface area contributed by atoms with Crippen LogP contribution in [0.3, 0.4) is 0 Å². The van der Waals surface area contributed by atoms with Crippen LogP contribution in [0.15, 0.2) is 34.9 Å². The number of rotatable bonds is 6. The van der Waals surface area contributed by atoms with Crippen LogP contribution in [0.5, 0.6) is 0 Å². The molecule has 150 valence electrons. The summed E-state index contributed by atoms with van der Waals surface area (Å²) in [6.07, 6.45) is 0.374. The van der Waals surface area contributed by atoms with Crippen LogP contribution < -0.4 is 0 Å². The molecule has 1 aromatic heterocycles. The Morgan fingerprint density at radius 1 is 1.25 bits per heavy atom. The van der Waals surface area contributed by atoms with Gasteiger partial charge in [-0.3, -0.25) is 4.79 Å². The number of amides is 1. The van der Waals surface area contributed by atoms with E-state index in [0.717, 1.165) is 5.56 Å². The zero-order chi connectivity index (χ0) is 20.3. The first-order valence-electron chi connectivity index (χ1n) is 8.90. The lowest BCUT2D eigenvalue weighted by Gasteiger charge is -2.28. The Bertz CT molecular complexity index is 948. The highest BCUT2D eigenvalue weighted by Crippen LogP contribution is 2.21. The van der Waals surface area contributed by atoms with Crippen LogP contribution in [-0.4, -0.2) is 54.5 Å². The van der Waals surface area contributed by atoms with Gasteiger partial charge in [0.2, 0.25) is 0 Å². The molecule has 9 heteroatoms. The second-order valence-electron chi connectivity index (χ2n) is 6.84. The zero-order valence-electron chi connectivity index (χ0n) is 15.8. The number of sulfone groups is 1. The van der Waals surface area contributed by atoms with Gasteiger partial charge in [-0.25, -0.2) is 13.2 Å². The van der Waals surface area contributed by atoms with Gasteiger partial charge in [0.1, 0.15) is 11.3 Å². The van der Waals surface area contributed by atoms with E-state index in [0.29, 0.717) is 17.9 Å². The second kappa shape index (κ2) is 8.14. The molecule has 0 radical (unpaired) electrons. The lowest BCUT2D eigenvalue weighted by molar-refractivity contribution is -0.137. The molecule has 0 N–H and O–H groups in total. The van der Waals surface area contributed by atoms with E-state index in [-0.39, 0.29) is 23.6 Å². The Labute approximate surface area is 163 Å². The van der Waals surface area contributed by atoms with E-state index < -0.39 is 34.4 Å². The van der Waals surface area contributed by atoms with Crippen LogP contribution in [0.1, 0.15) is 33.8 Å². The van der Waals surface area contributed by atoms with Gasteiger partial charge in [-0.15, -0.1) is 0 Å². The normalized spacial score (nSPS) is 18.0. The molecule has 1 atom stereocenters. The van der Waals surface area contributed by atoms with Crippen LogP contribution in [-0.2, 0) is 25.9 Å². The molecule has 0 saturated carbocycles. The summed E-state index contributed by atoms with van der Waals surface area (Å²) in [6.45, 7) is 2.97. The average molecular weight is 406 g/mol. The monoisotopic (exact) mass is 406 g/mol. The fourth-order valence-corrected chi connectivity index (χ4v) is 5.01. The molecule has 28 heavy (non-hydrogen) atoms. The van der Waals surface area contributed by atoms with Gasteiger partial charge in [-0.05, 0) is 25.8 Å². The van der Waals surface area contributed by atoms with Gasteiger partial charge in [0.15, 0.2) is 16.4 Å². The molecule has 0 unspecified atom stereocenters. The molecule has 0 aliphatic carbocycles. The van der Waals surface area contributed by atoms with Crippen LogP contribution in [0.25, 0.3) is 0 Å². The highest BCUT2D eigenvalue weighted by Gasteiger charge is 2.35. The first-order valence-corrected chi connectivity index (χ1v) is 10.7. The predicted octanol–water partition coefficient (Wildman–Crippen LogP) is 1.66. The van der Waals surface area contributed by atoms with Crippen molar-refractivity contribution in [1.82, 2.24) is 10.1 Å². The van der Waals surface area contributed by atoms with E-state index in [4.69, 9.17) is 9.26 Å². The predicted molar refractivity (Wildman–Crippen MR) is 100 cm³/mol. The van der Waals surface area contributed by atoms with Crippen molar-refractivity contribution >= 4 is 21.7 Å². The number of carbonyl (C=O) groups excluding carboxylic acids is 2. The van der Waals surface area contributed by atoms with E-state index >= 15 is 0 Å². The number of hydrogen-bond donors (Lipinski definition) is 0. The summed E-state index contributed by atoms with van der Waals surface area (Å²) in [4.78, 5) is 26.6. The second-order valence-corrected chi connectivity index (χ2v) is 9.07. The molecule has 0 spiro atoms. The summed E-state index contributed by atoms with van der Waals surface area (Å²) >= 11 is 0. The van der Waals surface area contributed by atoms with E-state index in [1.807, 2.05) is 30.3 Å². The Kier molecular flexibility index (Phi) is 5.83. The number of hydrogen-bond acceptors (Lipinski definition) is 7. The van der Waals surface area contributed by atoms with Gasteiger partial charge in [0, 0.05) is 12.6 Å². The van der Waals surface area contributed by atoms with Crippen molar-refractivity contribution in [2.75, 3.05) is 18.1 Å². The molecule has 8 nitrogen and oxygen atoms in total. The molecule has 1 aromatic carbocycles. The minimum absolute atomic E-state index is 0.0507. The van der Waals surface area contributed by atoms with Crippen molar-refractivity contribution in [3.8, 4) is 0 Å². The van der Waals surface area contributed by atoms with E-state index in [2.05, 4.69) is 5.16 Å². The molecule has 1 fully saturated rings. The van der Waals surface area contributed by atoms with Crippen molar-refractivity contribution in [2.24, 2.45) is 0 Å². The van der Waals surface area contributed by atoms with Gasteiger partial charge >= 0.3 is 5.97 Å². The molecule has 1 aliphatic heterocycles. The molecular weight excluding hydrogens is 384 g/mol. The van der Waals surface area contributed by atoms with Gasteiger partial charge in [-0.2, -0.15) is 0 Å². The van der Waals surface area contributed by atoms with Gasteiger partial charge in [0.25, 0.3) is 5.91 Å². The summed E-state index contributed by atoms with van der Waals surface area (Å²) in [7, 11) is -3.17. The minimum Gasteiger partial charge on any atom is -0.452 e. The Morgan fingerprint density at radius 2 is 1.96 bits per heavy atom. The van der Waals surface area contributed by atoms with Gasteiger partial charge < -0.3 is 14.2 Å². The third kappa shape index (κ3) is 4.59. The first kappa shape index (κ1) is 20.1. The Balaban J connectivity index is 1.72. The minimum atomic E-state index is -3.17. The SMILES string of the molecule is Cc1noc(C)c1C(=O)OCC(=O)N(Cc1ccccc1)[C@H]1CCS(=O)(=O)C1. The molecular formula is C19H22N2O6S. The third-order valence-corrected chi connectivity index (χ3v) is 6.48. The quantitative estimate of drug-likeness (QED) is 0.672. The molecule has 1 aliphatic rings. The van der Waals surface area contributed by atoms with E-state index in [1.54, 1.807) is 13.8 Å². The molecule has 1 amide bonds.